The van der Waals surface area contributed by atoms with Gasteiger partial charge in [0.2, 0.25) is 0 Å². The fourth-order valence-corrected chi connectivity index (χ4v) is 4.63. The van der Waals surface area contributed by atoms with Crippen LogP contribution in [0.2, 0.25) is 0 Å². The van der Waals surface area contributed by atoms with Crippen molar-refractivity contribution in [2.75, 3.05) is 18.0 Å². The van der Waals surface area contributed by atoms with E-state index in [4.69, 9.17) is 14.7 Å². The lowest BCUT2D eigenvalue weighted by atomic mass is 10.1. The Morgan fingerprint density at radius 3 is 2.57 bits per heavy atom. The summed E-state index contributed by atoms with van der Waals surface area (Å²) >= 11 is 0. The number of fused-ring (bicyclic) bond motifs is 1. The summed E-state index contributed by atoms with van der Waals surface area (Å²) in [5, 5.41) is 4.52. The molecule has 2 atom stereocenters. The Balaban J connectivity index is 1.43. The third-order valence-electron chi connectivity index (χ3n) is 6.74. The van der Waals surface area contributed by atoms with E-state index in [0.29, 0.717) is 41.7 Å². The molecule has 0 bridgehead atoms. The maximum Gasteiger partial charge on any atom is 0.135 e. The van der Waals surface area contributed by atoms with Crippen LogP contribution in [0.1, 0.15) is 48.9 Å². The Morgan fingerprint density at radius 1 is 1.00 bits per heavy atom. The van der Waals surface area contributed by atoms with Gasteiger partial charge >= 0.3 is 0 Å². The Bertz CT molecular complexity index is 1430. The van der Waals surface area contributed by atoms with E-state index < -0.39 is 11.6 Å². The number of pyridine rings is 1. The first-order valence-electron chi connectivity index (χ1n) is 11.9. The molecule has 1 aromatic carbocycles. The number of hydrogen-bond acceptors (Lipinski definition) is 6. The van der Waals surface area contributed by atoms with Crippen molar-refractivity contribution in [3.05, 3.63) is 65.2 Å². The normalized spacial score (nSPS) is 20.5. The molecule has 0 radical (unpaired) electrons. The fourth-order valence-electron chi connectivity index (χ4n) is 4.63. The van der Waals surface area contributed by atoms with Crippen molar-refractivity contribution < 1.29 is 13.5 Å². The maximum atomic E-state index is 14.9. The number of ether oxygens (including phenoxy) is 1. The van der Waals surface area contributed by atoms with Crippen LogP contribution in [0.5, 0.6) is 0 Å². The molecule has 0 amide bonds. The van der Waals surface area contributed by atoms with Crippen molar-refractivity contribution >= 4 is 16.9 Å². The number of aryl methyl sites for hydroxylation is 2. The van der Waals surface area contributed by atoms with E-state index in [-0.39, 0.29) is 17.8 Å². The highest BCUT2D eigenvalue weighted by atomic mass is 19.1. The minimum atomic E-state index is -0.684. The van der Waals surface area contributed by atoms with Gasteiger partial charge in [0.1, 0.15) is 34.8 Å². The van der Waals surface area contributed by atoms with Gasteiger partial charge in [-0.25, -0.2) is 23.7 Å². The van der Waals surface area contributed by atoms with Crippen molar-refractivity contribution in [3.8, 4) is 11.3 Å². The molecule has 4 aromatic rings. The molecule has 4 heterocycles. The summed E-state index contributed by atoms with van der Waals surface area (Å²) in [6.07, 6.45) is 6.07. The SMILES string of the molecule is Cc1nc2cc(N3C[C@@H](C)O[C@H](c4cnn(C5CC5)c4)C3)nc(-c3ccc(F)cc3F)c2nc1C. The second kappa shape index (κ2) is 8.34. The highest BCUT2D eigenvalue weighted by molar-refractivity contribution is 5.91. The minimum Gasteiger partial charge on any atom is -0.367 e. The summed E-state index contributed by atoms with van der Waals surface area (Å²) in [5.41, 5.74) is 4.22. The second-order valence-corrected chi connectivity index (χ2v) is 9.54. The number of aromatic nitrogens is 5. The molecule has 7 nitrogen and oxygen atoms in total. The number of benzene rings is 1. The molecule has 1 aliphatic carbocycles. The zero-order valence-corrected chi connectivity index (χ0v) is 19.9. The average molecular weight is 477 g/mol. The van der Waals surface area contributed by atoms with Crippen LogP contribution in [0.4, 0.5) is 14.6 Å². The first kappa shape index (κ1) is 22.0. The molecule has 0 unspecified atom stereocenters. The van der Waals surface area contributed by atoms with Gasteiger partial charge in [-0.3, -0.25) is 4.68 Å². The molecule has 2 fully saturated rings. The van der Waals surface area contributed by atoms with Gasteiger partial charge in [0, 0.05) is 36.0 Å². The van der Waals surface area contributed by atoms with Gasteiger partial charge in [-0.15, -0.1) is 0 Å². The van der Waals surface area contributed by atoms with Gasteiger partial charge in [-0.1, -0.05) is 0 Å². The first-order chi connectivity index (χ1) is 16.9. The van der Waals surface area contributed by atoms with Crippen LogP contribution in [-0.4, -0.2) is 43.9 Å². The Labute approximate surface area is 201 Å². The summed E-state index contributed by atoms with van der Waals surface area (Å²) in [7, 11) is 0. The summed E-state index contributed by atoms with van der Waals surface area (Å²) < 4.78 is 36.8. The van der Waals surface area contributed by atoms with Crippen LogP contribution in [0, 0.1) is 25.5 Å². The van der Waals surface area contributed by atoms with Crippen molar-refractivity contribution in [2.24, 2.45) is 0 Å². The number of anilines is 1. The molecule has 6 rings (SSSR count). The number of nitrogens with zero attached hydrogens (tertiary/aromatic N) is 6. The molecule has 35 heavy (non-hydrogen) atoms. The Morgan fingerprint density at radius 2 is 1.80 bits per heavy atom. The van der Waals surface area contributed by atoms with E-state index in [0.717, 1.165) is 23.0 Å². The fraction of sp³-hybridized carbons (Fsp3) is 0.385. The number of morpholine rings is 1. The molecule has 1 aliphatic heterocycles. The summed E-state index contributed by atoms with van der Waals surface area (Å²) in [5.74, 6) is -0.665. The lowest BCUT2D eigenvalue weighted by molar-refractivity contribution is -0.0176. The summed E-state index contributed by atoms with van der Waals surface area (Å²) in [6, 6.07) is 5.90. The predicted molar refractivity (Wildman–Crippen MR) is 128 cm³/mol. The molecule has 0 N–H and O–H groups in total. The van der Waals surface area contributed by atoms with Gasteiger partial charge in [0.15, 0.2) is 0 Å². The molecule has 3 aromatic heterocycles. The van der Waals surface area contributed by atoms with Gasteiger partial charge in [-0.05, 0) is 45.7 Å². The maximum absolute atomic E-state index is 14.9. The largest absolute Gasteiger partial charge is 0.367 e. The average Bonchev–Trinajstić information content (AvgIpc) is 3.55. The van der Waals surface area contributed by atoms with E-state index >= 15 is 0 Å². The minimum absolute atomic E-state index is 0.0487. The smallest absolute Gasteiger partial charge is 0.135 e. The quantitative estimate of drug-likeness (QED) is 0.409. The van der Waals surface area contributed by atoms with Crippen molar-refractivity contribution in [3.63, 3.8) is 0 Å². The zero-order chi connectivity index (χ0) is 24.3. The van der Waals surface area contributed by atoms with Crippen molar-refractivity contribution in [1.82, 2.24) is 24.7 Å². The van der Waals surface area contributed by atoms with Crippen molar-refractivity contribution in [2.45, 2.75) is 51.9 Å². The predicted octanol–water partition coefficient (Wildman–Crippen LogP) is 5.08. The number of hydrogen-bond donors (Lipinski definition) is 0. The molecule has 180 valence electrons. The highest BCUT2D eigenvalue weighted by Crippen LogP contribution is 2.37. The first-order valence-corrected chi connectivity index (χ1v) is 11.9. The van der Waals surface area contributed by atoms with Crippen LogP contribution in [-0.2, 0) is 4.74 Å². The topological polar surface area (TPSA) is 69.0 Å². The Kier molecular flexibility index (Phi) is 5.25. The second-order valence-electron chi connectivity index (χ2n) is 9.54. The third-order valence-corrected chi connectivity index (χ3v) is 6.74. The van der Waals surface area contributed by atoms with E-state index in [2.05, 4.69) is 21.2 Å². The molecule has 9 heteroatoms. The molecule has 2 aliphatic rings. The molecular formula is C26H26F2N6O. The monoisotopic (exact) mass is 476 g/mol. The summed E-state index contributed by atoms with van der Waals surface area (Å²) in [6.45, 7) is 6.97. The molecule has 1 saturated carbocycles. The van der Waals surface area contributed by atoms with E-state index in [1.165, 1.54) is 25.0 Å². The molecular weight excluding hydrogens is 450 g/mol. The lowest BCUT2D eigenvalue weighted by Gasteiger charge is -2.37. The van der Waals surface area contributed by atoms with Crippen LogP contribution in [0.25, 0.3) is 22.3 Å². The van der Waals surface area contributed by atoms with Crippen LogP contribution < -0.4 is 4.90 Å². The zero-order valence-electron chi connectivity index (χ0n) is 19.9. The number of halogens is 2. The van der Waals surface area contributed by atoms with E-state index in [1.54, 1.807) is 0 Å². The van der Waals surface area contributed by atoms with Crippen LogP contribution >= 0.6 is 0 Å². The van der Waals surface area contributed by atoms with Gasteiger partial charge in [0.25, 0.3) is 0 Å². The Hall–Kier alpha value is -3.46. The molecule has 1 saturated heterocycles. The summed E-state index contributed by atoms with van der Waals surface area (Å²) in [4.78, 5) is 16.4. The van der Waals surface area contributed by atoms with E-state index in [1.807, 2.05) is 37.7 Å². The standard InChI is InChI=1S/C26H26F2N6O/c1-14-11-33(13-23(35-14)17-10-29-34(12-17)19-5-6-19)24-9-22-26(31-16(3)15(2)30-22)25(32-24)20-7-4-18(27)8-21(20)28/h4,7-10,12,14,19,23H,5-6,11,13H2,1-3H3/t14-,23+/m1/s1. The number of rotatable bonds is 4. The van der Waals surface area contributed by atoms with Gasteiger partial charge in [0.05, 0.1) is 41.8 Å². The third kappa shape index (κ3) is 4.14. The van der Waals surface area contributed by atoms with E-state index in [9.17, 15) is 8.78 Å². The molecule has 0 spiro atoms. The van der Waals surface area contributed by atoms with Crippen LogP contribution in [0.3, 0.4) is 0 Å². The lowest BCUT2D eigenvalue weighted by Crippen LogP contribution is -2.43. The van der Waals surface area contributed by atoms with Crippen molar-refractivity contribution in [1.29, 1.82) is 0 Å². The van der Waals surface area contributed by atoms with Gasteiger partial charge in [-0.2, -0.15) is 5.10 Å². The van der Waals surface area contributed by atoms with Crippen LogP contribution in [0.15, 0.2) is 36.7 Å². The van der Waals surface area contributed by atoms with Gasteiger partial charge < -0.3 is 9.64 Å². The highest BCUT2D eigenvalue weighted by Gasteiger charge is 2.31.